The van der Waals surface area contributed by atoms with Crippen LogP contribution < -0.4 is 4.74 Å². The average Bonchev–Trinajstić information content (AvgIpc) is 2.88. The van der Waals surface area contributed by atoms with Gasteiger partial charge in [-0.05, 0) is 34.1 Å². The summed E-state index contributed by atoms with van der Waals surface area (Å²) in [5.74, 6) is 0.898. The number of H-pyrrole nitrogens is 1. The van der Waals surface area contributed by atoms with Crippen molar-refractivity contribution in [3.63, 3.8) is 0 Å². The van der Waals surface area contributed by atoms with Gasteiger partial charge in [0.25, 0.3) is 0 Å². The molecule has 2 aromatic rings. The second-order valence-corrected chi connectivity index (χ2v) is 7.59. The highest BCUT2D eigenvalue weighted by Crippen LogP contribution is 2.41. The molecular formula is C18H26N2O. The van der Waals surface area contributed by atoms with Crippen LogP contribution in [0.15, 0.2) is 24.5 Å². The van der Waals surface area contributed by atoms with E-state index in [-0.39, 0.29) is 10.8 Å². The van der Waals surface area contributed by atoms with Crippen LogP contribution in [0.5, 0.6) is 5.75 Å². The lowest BCUT2D eigenvalue weighted by Gasteiger charge is -2.31. The molecule has 0 spiro atoms. The van der Waals surface area contributed by atoms with E-state index in [1.54, 1.807) is 7.11 Å². The summed E-state index contributed by atoms with van der Waals surface area (Å²) in [5, 5.41) is 6.93. The van der Waals surface area contributed by atoms with E-state index in [1.807, 2.05) is 12.4 Å². The van der Waals surface area contributed by atoms with Gasteiger partial charge in [0.2, 0.25) is 0 Å². The predicted octanol–water partition coefficient (Wildman–Crippen LogP) is 4.68. The molecule has 1 N–H and O–H groups in total. The van der Waals surface area contributed by atoms with E-state index in [0.717, 1.165) is 16.9 Å². The number of aromatic amines is 1. The highest BCUT2D eigenvalue weighted by molar-refractivity contribution is 5.72. The summed E-state index contributed by atoms with van der Waals surface area (Å²) in [6.07, 6.45) is 3.74. The van der Waals surface area contributed by atoms with Gasteiger partial charge < -0.3 is 4.74 Å². The summed E-state index contributed by atoms with van der Waals surface area (Å²) in [6.45, 7) is 13.5. The number of ether oxygens (including phenoxy) is 1. The van der Waals surface area contributed by atoms with Crippen LogP contribution in [-0.4, -0.2) is 17.3 Å². The zero-order chi connectivity index (χ0) is 15.8. The summed E-state index contributed by atoms with van der Waals surface area (Å²) in [7, 11) is 1.72. The Hall–Kier alpha value is -1.77. The first kappa shape index (κ1) is 15.6. The fourth-order valence-electron chi connectivity index (χ4n) is 2.61. The maximum atomic E-state index is 5.63. The molecule has 0 amide bonds. The van der Waals surface area contributed by atoms with Gasteiger partial charge in [0.1, 0.15) is 5.75 Å². The van der Waals surface area contributed by atoms with Crippen molar-refractivity contribution >= 4 is 0 Å². The van der Waals surface area contributed by atoms with Crippen molar-refractivity contribution < 1.29 is 4.74 Å². The molecular weight excluding hydrogens is 260 g/mol. The number of benzene rings is 1. The molecule has 1 aromatic carbocycles. The van der Waals surface area contributed by atoms with Gasteiger partial charge in [-0.25, -0.2) is 0 Å². The van der Waals surface area contributed by atoms with E-state index < -0.39 is 0 Å². The Labute approximate surface area is 127 Å². The van der Waals surface area contributed by atoms with Crippen LogP contribution in [-0.2, 0) is 10.8 Å². The smallest absolute Gasteiger partial charge is 0.127 e. The number of nitrogens with zero attached hydrogens (tertiary/aromatic N) is 1. The van der Waals surface area contributed by atoms with Gasteiger partial charge in [-0.1, -0.05) is 41.5 Å². The van der Waals surface area contributed by atoms with Gasteiger partial charge in [-0.15, -0.1) is 0 Å². The number of aromatic nitrogens is 2. The molecule has 0 unspecified atom stereocenters. The Kier molecular flexibility index (Phi) is 3.87. The second-order valence-electron chi connectivity index (χ2n) is 7.59. The number of rotatable bonds is 2. The minimum Gasteiger partial charge on any atom is -0.496 e. The lowest BCUT2D eigenvalue weighted by Crippen LogP contribution is -2.22. The maximum Gasteiger partial charge on any atom is 0.127 e. The van der Waals surface area contributed by atoms with Crippen LogP contribution in [0.1, 0.15) is 52.7 Å². The number of hydrogen-bond donors (Lipinski definition) is 1. The standard InChI is InChI=1S/C18H26N2O/c1-17(2,3)14-8-13(12-10-19-20-11-12)16(21-7)9-15(14)18(4,5)6/h8-11H,1-7H3,(H,19,20). The zero-order valence-electron chi connectivity index (χ0n) is 14.2. The summed E-state index contributed by atoms with van der Waals surface area (Å²) in [6, 6.07) is 4.44. The van der Waals surface area contributed by atoms with Crippen molar-refractivity contribution in [2.75, 3.05) is 7.11 Å². The Bertz CT molecular complexity index is 614. The van der Waals surface area contributed by atoms with Gasteiger partial charge in [-0.3, -0.25) is 5.10 Å². The van der Waals surface area contributed by atoms with Gasteiger partial charge in [0.05, 0.1) is 13.3 Å². The van der Waals surface area contributed by atoms with Crippen LogP contribution in [0, 0.1) is 0 Å². The summed E-state index contributed by atoms with van der Waals surface area (Å²) >= 11 is 0. The first-order valence-electron chi connectivity index (χ1n) is 7.36. The molecule has 0 aliphatic carbocycles. The van der Waals surface area contributed by atoms with Crippen LogP contribution in [0.2, 0.25) is 0 Å². The van der Waals surface area contributed by atoms with E-state index >= 15 is 0 Å². The molecule has 0 fully saturated rings. The largest absolute Gasteiger partial charge is 0.496 e. The van der Waals surface area contributed by atoms with Crippen LogP contribution in [0.3, 0.4) is 0 Å². The lowest BCUT2D eigenvalue weighted by molar-refractivity contribution is 0.413. The molecule has 3 nitrogen and oxygen atoms in total. The SMILES string of the molecule is COc1cc(C(C)(C)C)c(C(C)(C)C)cc1-c1cn[nH]c1. The molecule has 0 aliphatic heterocycles. The van der Waals surface area contributed by atoms with Crippen molar-refractivity contribution in [3.05, 3.63) is 35.7 Å². The van der Waals surface area contributed by atoms with E-state index in [4.69, 9.17) is 4.74 Å². The van der Waals surface area contributed by atoms with Crippen LogP contribution in [0.4, 0.5) is 0 Å². The number of methoxy groups -OCH3 is 1. The minimum atomic E-state index is 0.0742. The second kappa shape index (κ2) is 5.21. The number of hydrogen-bond acceptors (Lipinski definition) is 2. The molecule has 1 aromatic heterocycles. The first-order valence-corrected chi connectivity index (χ1v) is 7.36. The average molecular weight is 286 g/mol. The minimum absolute atomic E-state index is 0.0742. The third-order valence-corrected chi connectivity index (χ3v) is 3.76. The maximum absolute atomic E-state index is 5.63. The monoisotopic (exact) mass is 286 g/mol. The van der Waals surface area contributed by atoms with Gasteiger partial charge in [0.15, 0.2) is 0 Å². The van der Waals surface area contributed by atoms with E-state index in [2.05, 4.69) is 63.9 Å². The summed E-state index contributed by atoms with van der Waals surface area (Å²) in [4.78, 5) is 0. The molecule has 0 aliphatic rings. The van der Waals surface area contributed by atoms with Crippen molar-refractivity contribution in [2.24, 2.45) is 0 Å². The predicted molar refractivity (Wildman–Crippen MR) is 88.0 cm³/mol. The molecule has 21 heavy (non-hydrogen) atoms. The Morgan fingerprint density at radius 2 is 1.52 bits per heavy atom. The van der Waals surface area contributed by atoms with Crippen molar-refractivity contribution in [1.29, 1.82) is 0 Å². The third kappa shape index (κ3) is 3.12. The molecule has 1 heterocycles. The highest BCUT2D eigenvalue weighted by atomic mass is 16.5. The Morgan fingerprint density at radius 1 is 0.952 bits per heavy atom. The third-order valence-electron chi connectivity index (χ3n) is 3.76. The molecule has 0 atom stereocenters. The molecule has 0 bridgehead atoms. The highest BCUT2D eigenvalue weighted by Gasteiger charge is 2.27. The van der Waals surface area contributed by atoms with E-state index in [0.29, 0.717) is 0 Å². The normalized spacial score (nSPS) is 12.5. The fraction of sp³-hybridized carbons (Fsp3) is 0.500. The van der Waals surface area contributed by atoms with E-state index in [9.17, 15) is 0 Å². The van der Waals surface area contributed by atoms with Crippen LogP contribution >= 0.6 is 0 Å². The summed E-state index contributed by atoms with van der Waals surface area (Å²) < 4.78 is 5.63. The van der Waals surface area contributed by atoms with Crippen molar-refractivity contribution in [2.45, 2.75) is 52.4 Å². The molecule has 114 valence electrons. The quantitative estimate of drug-likeness (QED) is 0.870. The topological polar surface area (TPSA) is 37.9 Å². The Balaban J connectivity index is 2.76. The van der Waals surface area contributed by atoms with Gasteiger partial charge in [0, 0.05) is 17.3 Å². The molecule has 3 heteroatoms. The first-order chi connectivity index (χ1) is 9.64. The Morgan fingerprint density at radius 3 is 1.95 bits per heavy atom. The van der Waals surface area contributed by atoms with Gasteiger partial charge >= 0.3 is 0 Å². The van der Waals surface area contributed by atoms with Crippen molar-refractivity contribution in [1.82, 2.24) is 10.2 Å². The number of nitrogens with one attached hydrogen (secondary N) is 1. The molecule has 0 saturated heterocycles. The zero-order valence-corrected chi connectivity index (χ0v) is 14.2. The van der Waals surface area contributed by atoms with Crippen LogP contribution in [0.25, 0.3) is 11.1 Å². The molecule has 0 radical (unpaired) electrons. The molecule has 2 rings (SSSR count). The summed E-state index contributed by atoms with van der Waals surface area (Å²) in [5.41, 5.74) is 4.98. The van der Waals surface area contributed by atoms with Crippen molar-refractivity contribution in [3.8, 4) is 16.9 Å². The van der Waals surface area contributed by atoms with E-state index in [1.165, 1.54) is 11.1 Å². The fourth-order valence-corrected chi connectivity index (χ4v) is 2.61. The van der Waals surface area contributed by atoms with Gasteiger partial charge in [-0.2, -0.15) is 5.10 Å². The molecule has 0 saturated carbocycles. The lowest BCUT2D eigenvalue weighted by atomic mass is 9.74.